The molecule has 0 aliphatic heterocycles. The fourth-order valence-electron chi connectivity index (χ4n) is 2.75. The first-order valence-electron chi connectivity index (χ1n) is 9.31. The highest BCUT2D eigenvalue weighted by molar-refractivity contribution is 14.1. The van der Waals surface area contributed by atoms with Crippen molar-refractivity contribution >= 4 is 84.5 Å². The average molecular weight is 730 g/mol. The summed E-state index contributed by atoms with van der Waals surface area (Å²) in [6.45, 7) is 0.429. The molecule has 0 atom stereocenters. The van der Waals surface area contributed by atoms with Crippen LogP contribution in [0.5, 0.6) is 5.75 Å². The van der Waals surface area contributed by atoms with Crippen molar-refractivity contribution in [3.05, 3.63) is 99.1 Å². The molecule has 3 aromatic rings. The Bertz CT molecular complexity index is 1270. The van der Waals surface area contributed by atoms with Crippen molar-refractivity contribution in [3.8, 4) is 11.8 Å². The molecule has 0 unspecified atom stereocenters. The van der Waals surface area contributed by atoms with Crippen LogP contribution in [-0.4, -0.2) is 10.8 Å². The van der Waals surface area contributed by atoms with Crippen LogP contribution in [-0.2, 0) is 11.4 Å². The summed E-state index contributed by atoms with van der Waals surface area (Å²) in [7, 11) is 0. The molecule has 0 saturated heterocycles. The summed E-state index contributed by atoms with van der Waals surface area (Å²) in [5, 5.41) is 23.0. The summed E-state index contributed by atoms with van der Waals surface area (Å²) in [6.07, 6.45) is 1.49. The number of rotatable bonds is 7. The molecule has 0 radical (unpaired) electrons. The Labute approximate surface area is 225 Å². The van der Waals surface area contributed by atoms with Crippen molar-refractivity contribution in [1.82, 2.24) is 0 Å². The number of anilines is 1. The molecule has 7 nitrogen and oxygen atoms in total. The second-order valence-corrected chi connectivity index (χ2v) is 9.81. The maximum absolute atomic E-state index is 12.6. The van der Waals surface area contributed by atoms with E-state index in [1.54, 1.807) is 0 Å². The molecule has 166 valence electrons. The van der Waals surface area contributed by atoms with Crippen molar-refractivity contribution in [3.63, 3.8) is 0 Å². The number of carbonyl (C=O) groups is 1. The standard InChI is InChI=1S/C23H14BrI2N3O4/c24-18-11-17(29(31)32)6-7-21(18)28-23(30)16(12-27)8-15-9-19(25)22(20(26)10-15)33-13-14-4-2-1-3-5-14/h1-11H,13H2,(H,28,30)/b16-8+. The summed E-state index contributed by atoms with van der Waals surface area (Å²) in [6, 6.07) is 19.3. The molecule has 0 aliphatic rings. The zero-order valence-corrected chi connectivity index (χ0v) is 22.6. The second-order valence-electron chi connectivity index (χ2n) is 6.63. The number of benzene rings is 3. The largest absolute Gasteiger partial charge is 0.487 e. The normalized spacial score (nSPS) is 10.9. The highest BCUT2D eigenvalue weighted by atomic mass is 127. The Morgan fingerprint density at radius 1 is 1.15 bits per heavy atom. The number of hydrogen-bond acceptors (Lipinski definition) is 5. The topological polar surface area (TPSA) is 105 Å². The van der Waals surface area contributed by atoms with Gasteiger partial charge in [-0.25, -0.2) is 0 Å². The predicted molar refractivity (Wildman–Crippen MR) is 146 cm³/mol. The van der Waals surface area contributed by atoms with Crippen molar-refractivity contribution in [1.29, 1.82) is 5.26 Å². The van der Waals surface area contributed by atoms with Crippen molar-refractivity contribution in [2.24, 2.45) is 0 Å². The van der Waals surface area contributed by atoms with Crippen LogP contribution in [0.3, 0.4) is 0 Å². The van der Waals surface area contributed by atoms with Crippen molar-refractivity contribution in [2.75, 3.05) is 5.32 Å². The van der Waals surface area contributed by atoms with Gasteiger partial charge in [0.05, 0.1) is 17.8 Å². The van der Waals surface area contributed by atoms with Gasteiger partial charge in [0.1, 0.15) is 24.0 Å². The van der Waals surface area contributed by atoms with Gasteiger partial charge >= 0.3 is 0 Å². The quantitative estimate of drug-likeness (QED) is 0.0960. The lowest BCUT2D eigenvalue weighted by Gasteiger charge is -2.12. The number of nitro groups is 1. The number of ether oxygens (including phenoxy) is 1. The number of nitrogens with zero attached hydrogens (tertiary/aromatic N) is 2. The third kappa shape index (κ3) is 6.75. The van der Waals surface area contributed by atoms with Crippen LogP contribution in [0.2, 0.25) is 0 Å². The number of amides is 1. The van der Waals surface area contributed by atoms with Crippen LogP contribution in [0, 0.1) is 28.6 Å². The number of halogens is 3. The van der Waals surface area contributed by atoms with Gasteiger partial charge in [0.2, 0.25) is 0 Å². The van der Waals surface area contributed by atoms with E-state index in [0.717, 1.165) is 18.5 Å². The zero-order valence-electron chi connectivity index (χ0n) is 16.7. The molecule has 0 aromatic heterocycles. The fraction of sp³-hybridized carbons (Fsp3) is 0.0435. The first kappa shape index (κ1) is 25.1. The van der Waals surface area contributed by atoms with Crippen LogP contribution >= 0.6 is 61.1 Å². The van der Waals surface area contributed by atoms with Crippen molar-refractivity contribution < 1.29 is 14.5 Å². The number of nitriles is 1. The minimum atomic E-state index is -0.624. The Kier molecular flexibility index (Phi) is 8.81. The molecule has 3 rings (SSSR count). The maximum atomic E-state index is 12.6. The second kappa shape index (κ2) is 11.6. The van der Waals surface area contributed by atoms with Gasteiger partial charge in [0.15, 0.2) is 0 Å². The Morgan fingerprint density at radius 3 is 2.39 bits per heavy atom. The third-order valence-electron chi connectivity index (χ3n) is 4.33. The van der Waals surface area contributed by atoms with Gasteiger partial charge in [0, 0.05) is 16.6 Å². The van der Waals surface area contributed by atoms with Crippen LogP contribution < -0.4 is 10.1 Å². The van der Waals surface area contributed by atoms with Gasteiger partial charge in [-0.05, 0) is 96.5 Å². The van der Waals surface area contributed by atoms with E-state index in [2.05, 4.69) is 66.4 Å². The van der Waals surface area contributed by atoms with Crippen LogP contribution in [0.25, 0.3) is 6.08 Å². The zero-order chi connectivity index (χ0) is 24.0. The summed E-state index contributed by atoms with van der Waals surface area (Å²) in [5.41, 5.74) is 1.82. The molecule has 0 saturated carbocycles. The van der Waals surface area contributed by atoms with E-state index in [1.165, 1.54) is 24.3 Å². The number of non-ortho nitro benzene ring substituents is 1. The van der Waals surface area contributed by atoms with Crippen LogP contribution in [0.15, 0.2) is 70.7 Å². The first-order chi connectivity index (χ1) is 15.8. The number of nitro benzene ring substituents is 1. The van der Waals surface area contributed by atoms with Crippen LogP contribution in [0.1, 0.15) is 11.1 Å². The lowest BCUT2D eigenvalue weighted by atomic mass is 10.1. The smallest absolute Gasteiger partial charge is 0.270 e. The molecular formula is C23H14BrI2N3O4. The summed E-state index contributed by atoms with van der Waals surface area (Å²) >= 11 is 7.52. The minimum absolute atomic E-state index is 0.107. The highest BCUT2D eigenvalue weighted by Gasteiger charge is 2.15. The molecule has 0 heterocycles. The highest BCUT2D eigenvalue weighted by Crippen LogP contribution is 2.31. The molecule has 1 N–H and O–H groups in total. The van der Waals surface area contributed by atoms with E-state index in [1.807, 2.05) is 48.5 Å². The van der Waals surface area contributed by atoms with Gasteiger partial charge in [-0.3, -0.25) is 14.9 Å². The molecule has 33 heavy (non-hydrogen) atoms. The summed E-state index contributed by atoms with van der Waals surface area (Å²) in [5.74, 6) is 0.108. The molecule has 0 bridgehead atoms. The molecule has 1 amide bonds. The number of hydrogen-bond donors (Lipinski definition) is 1. The van der Waals surface area contributed by atoms with Gasteiger partial charge in [-0.1, -0.05) is 30.3 Å². The van der Waals surface area contributed by atoms with Gasteiger partial charge in [-0.2, -0.15) is 5.26 Å². The van der Waals surface area contributed by atoms with Crippen LogP contribution in [0.4, 0.5) is 11.4 Å². The first-order valence-corrected chi connectivity index (χ1v) is 12.3. The number of carbonyl (C=O) groups excluding carboxylic acids is 1. The van der Waals surface area contributed by atoms with Gasteiger partial charge in [0.25, 0.3) is 11.6 Å². The fourth-order valence-corrected chi connectivity index (χ4v) is 5.35. The molecule has 0 aliphatic carbocycles. The Morgan fingerprint density at radius 2 is 1.82 bits per heavy atom. The maximum Gasteiger partial charge on any atom is 0.270 e. The Hall–Kier alpha value is -2.50. The van der Waals surface area contributed by atoms with E-state index >= 15 is 0 Å². The lowest BCUT2D eigenvalue weighted by Crippen LogP contribution is -2.14. The minimum Gasteiger partial charge on any atom is -0.487 e. The van der Waals surface area contributed by atoms with Crippen molar-refractivity contribution in [2.45, 2.75) is 6.61 Å². The monoisotopic (exact) mass is 729 g/mol. The van der Waals surface area contributed by atoms with E-state index < -0.39 is 10.8 Å². The SMILES string of the molecule is N#C/C(=C\c1cc(I)c(OCc2ccccc2)c(I)c1)C(=O)Nc1ccc([N+](=O)[O-])cc1Br. The van der Waals surface area contributed by atoms with E-state index in [0.29, 0.717) is 22.3 Å². The lowest BCUT2D eigenvalue weighted by molar-refractivity contribution is -0.384. The van der Waals surface area contributed by atoms with Gasteiger partial charge in [-0.15, -0.1) is 0 Å². The third-order valence-corrected chi connectivity index (χ3v) is 6.59. The van der Waals surface area contributed by atoms with E-state index in [-0.39, 0.29) is 11.3 Å². The number of nitrogens with one attached hydrogen (secondary N) is 1. The summed E-state index contributed by atoms with van der Waals surface area (Å²) < 4.78 is 8.00. The molecule has 0 spiro atoms. The molecule has 10 heteroatoms. The van der Waals surface area contributed by atoms with Gasteiger partial charge < -0.3 is 10.1 Å². The van der Waals surface area contributed by atoms with E-state index in [9.17, 15) is 20.2 Å². The molecular weight excluding hydrogens is 716 g/mol. The average Bonchev–Trinajstić information content (AvgIpc) is 2.78. The predicted octanol–water partition coefficient (Wildman–Crippen LogP) is 6.69. The molecule has 0 fully saturated rings. The molecule has 3 aromatic carbocycles. The Balaban J connectivity index is 1.78. The van der Waals surface area contributed by atoms with E-state index in [4.69, 9.17) is 4.74 Å². The summed E-state index contributed by atoms with van der Waals surface area (Å²) in [4.78, 5) is 23.0.